The van der Waals surface area contributed by atoms with E-state index in [1.54, 1.807) is 19.1 Å². The van der Waals surface area contributed by atoms with Crippen molar-refractivity contribution >= 4 is 23.9 Å². The average Bonchev–Trinajstić information content (AvgIpc) is 2.86. The Morgan fingerprint density at radius 1 is 0.821 bits per heavy atom. The van der Waals surface area contributed by atoms with Gasteiger partial charge >= 0.3 is 23.9 Å². The lowest BCUT2D eigenvalue weighted by molar-refractivity contribution is -0.159. The first-order valence-corrected chi connectivity index (χ1v) is 14.0. The van der Waals surface area contributed by atoms with Crippen LogP contribution in [0.1, 0.15) is 92.6 Å². The van der Waals surface area contributed by atoms with Gasteiger partial charge in [-0.15, -0.1) is 0 Å². The molecule has 1 rings (SSSR count). The monoisotopic (exact) mass is 549 g/mol. The minimum atomic E-state index is -1.01. The molecule has 0 aliphatic carbocycles. The topological polar surface area (TPSA) is 131 Å². The lowest BCUT2D eigenvalue weighted by Crippen LogP contribution is -2.37. The highest BCUT2D eigenvalue weighted by molar-refractivity contribution is 5.77. The van der Waals surface area contributed by atoms with Crippen LogP contribution in [0.4, 0.5) is 0 Å². The Morgan fingerprint density at radius 3 is 1.92 bits per heavy atom. The van der Waals surface area contributed by atoms with E-state index in [0.29, 0.717) is 36.7 Å². The number of hydrogen-bond donors (Lipinski definition) is 1. The van der Waals surface area contributed by atoms with Gasteiger partial charge in [0.15, 0.2) is 11.5 Å². The van der Waals surface area contributed by atoms with Crippen LogP contribution in [-0.2, 0) is 35.1 Å². The minimum absolute atomic E-state index is 0.0545. The molecule has 0 heterocycles. The van der Waals surface area contributed by atoms with E-state index in [0.717, 1.165) is 6.42 Å². The molecule has 0 amide bonds. The third kappa shape index (κ3) is 14.7. The number of hydrogen-bond acceptors (Lipinski definition) is 9. The second-order valence-electron chi connectivity index (χ2n) is 11.1. The van der Waals surface area contributed by atoms with Crippen LogP contribution in [0.2, 0.25) is 0 Å². The van der Waals surface area contributed by atoms with E-state index in [1.165, 1.54) is 6.07 Å². The van der Waals surface area contributed by atoms with Crippen LogP contribution in [0.3, 0.4) is 0 Å². The molecule has 1 unspecified atom stereocenters. The van der Waals surface area contributed by atoms with Gasteiger partial charge in [-0.25, -0.2) is 0 Å². The summed E-state index contributed by atoms with van der Waals surface area (Å²) in [6.07, 6.45) is 2.40. The summed E-state index contributed by atoms with van der Waals surface area (Å²) in [6.45, 7) is 13.6. The third-order valence-corrected chi connectivity index (χ3v) is 6.07. The zero-order valence-corrected chi connectivity index (χ0v) is 24.6. The summed E-state index contributed by atoms with van der Waals surface area (Å²) in [7, 11) is 0. The van der Waals surface area contributed by atoms with Gasteiger partial charge in [0, 0.05) is 19.3 Å². The van der Waals surface area contributed by atoms with Crippen LogP contribution in [0.15, 0.2) is 18.2 Å². The standard InChI is InChI=1S/C30H47NO8/c1-8-21(6)15-29(34)36-18-22(7)37-30(35)24(31)16-23-11-12-25(38-27(32)13-9-19(2)3)26(17-23)39-28(33)14-10-20(4)5/h11-12,17,19-22,24H,8-10,13-16,18,31H2,1-7H3/t21?,22-,24-/m0/s1. The maximum absolute atomic E-state index is 12.5. The zero-order chi connectivity index (χ0) is 29.5. The second-order valence-corrected chi connectivity index (χ2v) is 11.1. The van der Waals surface area contributed by atoms with Gasteiger partial charge in [0.2, 0.25) is 0 Å². The fourth-order valence-corrected chi connectivity index (χ4v) is 3.36. The summed E-state index contributed by atoms with van der Waals surface area (Å²) in [5.41, 5.74) is 6.68. The normalized spacial score (nSPS) is 13.5. The summed E-state index contributed by atoms with van der Waals surface area (Å²) in [5.74, 6) is -0.734. The Morgan fingerprint density at radius 2 is 1.38 bits per heavy atom. The van der Waals surface area contributed by atoms with Crippen LogP contribution in [0.5, 0.6) is 11.5 Å². The van der Waals surface area contributed by atoms with Gasteiger partial charge in [-0.1, -0.05) is 54.0 Å². The Bertz CT molecular complexity index is 943. The number of ether oxygens (including phenoxy) is 4. The van der Waals surface area contributed by atoms with Crippen molar-refractivity contribution in [1.29, 1.82) is 0 Å². The number of carbonyl (C=O) groups is 4. The number of benzene rings is 1. The molecule has 0 saturated carbocycles. The molecule has 0 saturated heterocycles. The summed E-state index contributed by atoms with van der Waals surface area (Å²) in [4.78, 5) is 49.1. The molecular weight excluding hydrogens is 502 g/mol. The Hall–Kier alpha value is -2.94. The van der Waals surface area contributed by atoms with Crippen molar-refractivity contribution in [3.8, 4) is 11.5 Å². The Balaban J connectivity index is 2.84. The number of rotatable bonds is 17. The van der Waals surface area contributed by atoms with Crippen molar-refractivity contribution in [2.24, 2.45) is 23.5 Å². The summed E-state index contributed by atoms with van der Waals surface area (Å²) < 4.78 is 21.5. The van der Waals surface area contributed by atoms with E-state index >= 15 is 0 Å². The molecule has 0 aromatic heterocycles. The van der Waals surface area contributed by atoms with Crippen LogP contribution in [0.25, 0.3) is 0 Å². The van der Waals surface area contributed by atoms with Gasteiger partial charge in [0.25, 0.3) is 0 Å². The van der Waals surface area contributed by atoms with E-state index in [2.05, 4.69) is 0 Å². The van der Waals surface area contributed by atoms with Crippen molar-refractivity contribution in [2.75, 3.05) is 6.61 Å². The first-order valence-electron chi connectivity index (χ1n) is 14.0. The second kappa shape index (κ2) is 17.6. The average molecular weight is 550 g/mol. The number of esters is 4. The maximum Gasteiger partial charge on any atom is 0.323 e. The predicted molar refractivity (Wildman–Crippen MR) is 148 cm³/mol. The highest BCUT2D eigenvalue weighted by Gasteiger charge is 2.22. The SMILES string of the molecule is CCC(C)CC(=O)OC[C@H](C)OC(=O)[C@@H](N)Cc1ccc(OC(=O)CCC(C)C)c(OC(=O)CCC(C)C)c1. The van der Waals surface area contributed by atoms with Crippen LogP contribution >= 0.6 is 0 Å². The van der Waals surface area contributed by atoms with Gasteiger partial charge < -0.3 is 24.7 Å². The molecule has 1 aromatic rings. The highest BCUT2D eigenvalue weighted by atomic mass is 16.6. The van der Waals surface area contributed by atoms with Crippen molar-refractivity contribution in [3.05, 3.63) is 23.8 Å². The zero-order valence-electron chi connectivity index (χ0n) is 24.6. The van der Waals surface area contributed by atoms with Crippen LogP contribution in [-0.4, -0.2) is 42.6 Å². The van der Waals surface area contributed by atoms with Crippen molar-refractivity contribution < 1.29 is 38.1 Å². The first kappa shape index (κ1) is 34.1. The van der Waals surface area contributed by atoms with E-state index in [4.69, 9.17) is 24.7 Å². The molecule has 0 spiro atoms. The lowest BCUT2D eigenvalue weighted by Gasteiger charge is -2.18. The summed E-state index contributed by atoms with van der Waals surface area (Å²) >= 11 is 0. The molecule has 39 heavy (non-hydrogen) atoms. The largest absolute Gasteiger partial charge is 0.462 e. The lowest BCUT2D eigenvalue weighted by atomic mass is 10.1. The molecule has 0 fully saturated rings. The molecule has 2 N–H and O–H groups in total. The highest BCUT2D eigenvalue weighted by Crippen LogP contribution is 2.30. The van der Waals surface area contributed by atoms with Crippen molar-refractivity contribution in [1.82, 2.24) is 0 Å². The molecule has 0 radical (unpaired) electrons. The Kier molecular flexibility index (Phi) is 15.4. The third-order valence-electron chi connectivity index (χ3n) is 6.07. The van der Waals surface area contributed by atoms with Crippen molar-refractivity contribution in [2.45, 2.75) is 106 Å². The first-order chi connectivity index (χ1) is 18.3. The Labute approximate surface area is 233 Å². The molecule has 9 heteroatoms. The van der Waals surface area contributed by atoms with Gasteiger partial charge in [0.05, 0.1) is 0 Å². The molecule has 0 aliphatic rings. The van der Waals surface area contributed by atoms with E-state index in [9.17, 15) is 19.2 Å². The van der Waals surface area contributed by atoms with Gasteiger partial charge in [-0.05, 0) is 61.6 Å². The molecule has 220 valence electrons. The minimum Gasteiger partial charge on any atom is -0.462 e. The predicted octanol–water partition coefficient (Wildman–Crippen LogP) is 5.15. The van der Waals surface area contributed by atoms with E-state index in [1.807, 2.05) is 41.5 Å². The summed E-state index contributed by atoms with van der Waals surface area (Å²) in [6, 6.07) is 3.73. The molecule has 9 nitrogen and oxygen atoms in total. The quantitative estimate of drug-likeness (QED) is 0.207. The molecule has 0 aliphatic heterocycles. The van der Waals surface area contributed by atoms with Crippen LogP contribution in [0, 0.1) is 17.8 Å². The molecule has 3 atom stereocenters. The maximum atomic E-state index is 12.5. The van der Waals surface area contributed by atoms with Gasteiger partial charge in [-0.3, -0.25) is 19.2 Å². The number of carbonyl (C=O) groups excluding carboxylic acids is 4. The van der Waals surface area contributed by atoms with E-state index < -0.39 is 30.1 Å². The molecule has 0 bridgehead atoms. The van der Waals surface area contributed by atoms with Gasteiger partial charge in [0.1, 0.15) is 18.8 Å². The molecule has 1 aromatic carbocycles. The fourth-order valence-electron chi connectivity index (χ4n) is 3.36. The fraction of sp³-hybridized carbons (Fsp3) is 0.667. The van der Waals surface area contributed by atoms with Crippen molar-refractivity contribution in [3.63, 3.8) is 0 Å². The van der Waals surface area contributed by atoms with Crippen LogP contribution < -0.4 is 15.2 Å². The summed E-state index contributed by atoms with van der Waals surface area (Å²) in [5, 5.41) is 0. The van der Waals surface area contributed by atoms with E-state index in [-0.39, 0.29) is 49.3 Å². The molecular formula is C30H47NO8. The number of nitrogens with two attached hydrogens (primary N) is 1. The smallest absolute Gasteiger partial charge is 0.323 e. The van der Waals surface area contributed by atoms with Gasteiger partial charge in [-0.2, -0.15) is 0 Å².